The second-order valence-electron chi connectivity index (χ2n) is 9.20. The molecule has 0 saturated carbocycles. The predicted molar refractivity (Wildman–Crippen MR) is 143 cm³/mol. The molecule has 1 aromatic heterocycles. The number of ether oxygens (including phenoxy) is 5. The molecule has 0 aromatic carbocycles. The average molecular weight is 535 g/mol. The molecule has 1 aliphatic rings. The van der Waals surface area contributed by atoms with Crippen LogP contribution in [0.15, 0.2) is 6.07 Å². The van der Waals surface area contributed by atoms with E-state index in [1.807, 2.05) is 6.07 Å². The minimum atomic E-state index is -0.368. The number of hydrogen-bond acceptors (Lipinski definition) is 7. The third-order valence-electron chi connectivity index (χ3n) is 6.21. The maximum atomic E-state index is 9.73. The van der Waals surface area contributed by atoms with Crippen LogP contribution in [0.1, 0.15) is 95.6 Å². The molecule has 1 N–H and O–H groups in total. The molecule has 35 heavy (non-hydrogen) atoms. The summed E-state index contributed by atoms with van der Waals surface area (Å²) in [6, 6.07) is 1.93. The third-order valence-corrected chi connectivity index (χ3v) is 7.71. The van der Waals surface area contributed by atoms with Crippen molar-refractivity contribution in [2.24, 2.45) is 0 Å². The molecular formula is C27H47ClO6S. The fourth-order valence-electron chi connectivity index (χ4n) is 4.06. The van der Waals surface area contributed by atoms with Crippen molar-refractivity contribution in [3.63, 3.8) is 0 Å². The van der Waals surface area contributed by atoms with E-state index in [4.69, 9.17) is 35.3 Å². The van der Waals surface area contributed by atoms with Gasteiger partial charge >= 0.3 is 0 Å². The maximum Gasteiger partial charge on any atom is 0.121 e. The van der Waals surface area contributed by atoms with E-state index in [-0.39, 0.29) is 37.1 Å². The molecule has 0 radical (unpaired) electrons. The lowest BCUT2D eigenvalue weighted by Gasteiger charge is -2.46. The first kappa shape index (κ1) is 31.0. The van der Waals surface area contributed by atoms with Crippen LogP contribution in [-0.2, 0) is 30.3 Å². The maximum absolute atomic E-state index is 9.73. The zero-order chi connectivity index (χ0) is 25.5. The summed E-state index contributed by atoms with van der Waals surface area (Å²) in [5, 5.41) is 9.73. The first-order chi connectivity index (χ1) is 17.1. The van der Waals surface area contributed by atoms with Crippen LogP contribution in [0.5, 0.6) is 0 Å². The highest BCUT2D eigenvalue weighted by Gasteiger charge is 2.49. The van der Waals surface area contributed by atoms with Crippen molar-refractivity contribution in [1.29, 1.82) is 0 Å². The average Bonchev–Trinajstić information content (AvgIpc) is 3.24. The highest BCUT2D eigenvalue weighted by molar-refractivity contribution is 7.16. The molecule has 1 aromatic rings. The standard InChI is InChI=1S/C27H47ClO6S/c1-5-9-13-30-19-21-23(31-14-10-6-2)25(32-15-11-7-3)26(33-16-12-8-4)24(34-21)22-17-20(18-29)27(28)35-22/h17,21,23-26,29H,5-16,18-19H2,1-4H3/t21-,23-,24?,25+,26+/m1/s1. The lowest BCUT2D eigenvalue weighted by atomic mass is 9.93. The molecule has 1 fully saturated rings. The van der Waals surface area contributed by atoms with Gasteiger partial charge in [0.1, 0.15) is 30.5 Å². The van der Waals surface area contributed by atoms with Gasteiger partial charge in [0.05, 0.1) is 17.6 Å². The fourth-order valence-corrected chi connectivity index (χ4v) is 5.41. The van der Waals surface area contributed by atoms with Crippen molar-refractivity contribution in [2.45, 2.75) is 116 Å². The Morgan fingerprint density at radius 1 is 0.829 bits per heavy atom. The SMILES string of the molecule is CCCCOC[C@H]1OC(c2cc(CO)c(Cl)s2)[C@H](OCCCC)[C@@H](OCCCC)[C@@H]1OCCCC. The normalized spacial score (nSPS) is 24.8. The Morgan fingerprint density at radius 2 is 1.37 bits per heavy atom. The highest BCUT2D eigenvalue weighted by Crippen LogP contribution is 2.42. The first-order valence-electron chi connectivity index (χ1n) is 13.6. The van der Waals surface area contributed by atoms with Crippen LogP contribution in [0.3, 0.4) is 0 Å². The minimum Gasteiger partial charge on any atom is -0.392 e. The van der Waals surface area contributed by atoms with Gasteiger partial charge in [-0.25, -0.2) is 0 Å². The van der Waals surface area contributed by atoms with E-state index in [0.29, 0.717) is 42.9 Å². The van der Waals surface area contributed by atoms with Crippen molar-refractivity contribution in [3.8, 4) is 0 Å². The van der Waals surface area contributed by atoms with Gasteiger partial charge in [-0.2, -0.15) is 0 Å². The van der Waals surface area contributed by atoms with Gasteiger partial charge in [-0.3, -0.25) is 0 Å². The highest BCUT2D eigenvalue weighted by atomic mass is 35.5. The van der Waals surface area contributed by atoms with Gasteiger partial charge < -0.3 is 28.8 Å². The Morgan fingerprint density at radius 3 is 1.91 bits per heavy atom. The molecule has 0 bridgehead atoms. The molecule has 1 unspecified atom stereocenters. The Balaban J connectivity index is 2.38. The molecule has 8 heteroatoms. The van der Waals surface area contributed by atoms with Crippen molar-refractivity contribution in [3.05, 3.63) is 20.8 Å². The number of rotatable bonds is 19. The van der Waals surface area contributed by atoms with E-state index in [1.165, 1.54) is 11.3 Å². The van der Waals surface area contributed by atoms with Crippen LogP contribution in [0.25, 0.3) is 0 Å². The molecule has 2 heterocycles. The van der Waals surface area contributed by atoms with E-state index in [0.717, 1.165) is 56.2 Å². The summed E-state index contributed by atoms with van der Waals surface area (Å²) in [5.41, 5.74) is 0.711. The molecule has 5 atom stereocenters. The smallest absolute Gasteiger partial charge is 0.121 e. The van der Waals surface area contributed by atoms with E-state index in [2.05, 4.69) is 27.7 Å². The summed E-state index contributed by atoms with van der Waals surface area (Å²) >= 11 is 7.87. The zero-order valence-corrected chi connectivity index (χ0v) is 23.7. The molecule has 0 amide bonds. The third kappa shape index (κ3) is 9.86. The van der Waals surface area contributed by atoms with Gasteiger partial charge in [0.25, 0.3) is 0 Å². The van der Waals surface area contributed by atoms with Crippen molar-refractivity contribution in [1.82, 2.24) is 0 Å². The quantitative estimate of drug-likeness (QED) is 0.199. The van der Waals surface area contributed by atoms with Crippen molar-refractivity contribution < 1.29 is 28.8 Å². The minimum absolute atomic E-state index is 0.105. The van der Waals surface area contributed by atoms with E-state index in [9.17, 15) is 5.11 Å². The number of halogens is 1. The Hall–Kier alpha value is -0.250. The number of thiophene rings is 1. The van der Waals surface area contributed by atoms with Crippen LogP contribution in [0.4, 0.5) is 0 Å². The molecule has 6 nitrogen and oxygen atoms in total. The van der Waals surface area contributed by atoms with Gasteiger partial charge in [0.15, 0.2) is 0 Å². The van der Waals surface area contributed by atoms with Crippen LogP contribution in [0.2, 0.25) is 4.34 Å². The predicted octanol–water partition coefficient (Wildman–Crippen LogP) is 6.71. The van der Waals surface area contributed by atoms with Crippen LogP contribution < -0.4 is 0 Å². The fraction of sp³-hybridized carbons (Fsp3) is 0.852. The van der Waals surface area contributed by atoms with Crippen LogP contribution in [0, 0.1) is 0 Å². The molecule has 1 aliphatic heterocycles. The Bertz CT molecular complexity index is 672. The number of hydrogen-bond donors (Lipinski definition) is 1. The summed E-state index contributed by atoms with van der Waals surface area (Å²) in [7, 11) is 0. The zero-order valence-electron chi connectivity index (χ0n) is 22.1. The topological polar surface area (TPSA) is 66.4 Å². The van der Waals surface area contributed by atoms with E-state index >= 15 is 0 Å². The number of unbranched alkanes of at least 4 members (excludes halogenated alkanes) is 4. The molecule has 2 rings (SSSR count). The second kappa shape index (κ2) is 18.1. The largest absolute Gasteiger partial charge is 0.392 e. The summed E-state index contributed by atoms with van der Waals surface area (Å²) in [4.78, 5) is 0.940. The van der Waals surface area contributed by atoms with Crippen molar-refractivity contribution >= 4 is 22.9 Å². The Labute approximate surface area is 221 Å². The molecule has 0 aliphatic carbocycles. The summed E-state index contributed by atoms with van der Waals surface area (Å²) in [6.45, 7) is 11.6. The van der Waals surface area contributed by atoms with Crippen molar-refractivity contribution in [2.75, 3.05) is 33.0 Å². The van der Waals surface area contributed by atoms with Crippen LogP contribution >= 0.6 is 22.9 Å². The monoisotopic (exact) mass is 534 g/mol. The summed E-state index contributed by atoms with van der Waals surface area (Å²) < 4.78 is 32.7. The second-order valence-corrected chi connectivity index (χ2v) is 10.9. The summed E-state index contributed by atoms with van der Waals surface area (Å²) in [6.07, 6.45) is 6.61. The molecule has 204 valence electrons. The van der Waals surface area contributed by atoms with Gasteiger partial charge in [-0.05, 0) is 31.7 Å². The van der Waals surface area contributed by atoms with Crippen LogP contribution in [-0.4, -0.2) is 62.6 Å². The molecule has 0 spiro atoms. The van der Waals surface area contributed by atoms with Gasteiger partial charge in [-0.15, -0.1) is 11.3 Å². The lowest BCUT2D eigenvalue weighted by molar-refractivity contribution is -0.267. The van der Waals surface area contributed by atoms with E-state index in [1.54, 1.807) is 0 Å². The van der Waals surface area contributed by atoms with Gasteiger partial charge in [-0.1, -0.05) is 65.0 Å². The molecular weight excluding hydrogens is 488 g/mol. The van der Waals surface area contributed by atoms with Gasteiger partial charge in [0, 0.05) is 36.9 Å². The lowest BCUT2D eigenvalue weighted by Crippen LogP contribution is -2.58. The number of aliphatic hydroxyl groups is 1. The first-order valence-corrected chi connectivity index (χ1v) is 14.8. The van der Waals surface area contributed by atoms with E-state index < -0.39 is 0 Å². The molecule has 1 saturated heterocycles. The number of aliphatic hydroxyl groups excluding tert-OH is 1. The Kier molecular flexibility index (Phi) is 16.0. The van der Waals surface area contributed by atoms with Gasteiger partial charge in [0.2, 0.25) is 0 Å². The summed E-state index contributed by atoms with van der Waals surface area (Å²) in [5.74, 6) is 0.